The molecule has 17 heavy (non-hydrogen) atoms. The van der Waals surface area contributed by atoms with Gasteiger partial charge in [-0.1, -0.05) is 27.5 Å². The number of hydrogen-bond donors (Lipinski definition) is 1. The average Bonchev–Trinajstić information content (AvgIpc) is 2.88. The lowest BCUT2D eigenvalue weighted by atomic mass is 10.1. The number of rotatable bonds is 2. The predicted molar refractivity (Wildman–Crippen MR) is 75.8 cm³/mol. The van der Waals surface area contributed by atoms with E-state index in [0.29, 0.717) is 12.1 Å². The lowest BCUT2D eigenvalue weighted by molar-refractivity contribution is 0.318. The third kappa shape index (κ3) is 2.33. The number of fused-ring (bicyclic) bond motifs is 1. The van der Waals surface area contributed by atoms with Crippen molar-refractivity contribution >= 4 is 33.2 Å². The maximum absolute atomic E-state index is 6.22. The standard InChI is InChI=1S/C13H16BrClN2/c14-9-3-4-10(15)12(8-9)16-11-5-7-17-6-1-2-13(11)17/h3-4,8,11,13,16H,1-2,5-7H2. The third-order valence-electron chi connectivity index (χ3n) is 3.88. The molecule has 0 saturated carbocycles. The molecule has 0 aromatic heterocycles. The van der Waals surface area contributed by atoms with E-state index in [1.807, 2.05) is 12.1 Å². The van der Waals surface area contributed by atoms with E-state index in [4.69, 9.17) is 11.6 Å². The molecule has 3 rings (SSSR count). The molecular formula is C13H16BrClN2. The molecule has 4 heteroatoms. The summed E-state index contributed by atoms with van der Waals surface area (Å²) in [6.07, 6.45) is 3.89. The van der Waals surface area contributed by atoms with Crippen LogP contribution < -0.4 is 5.32 Å². The first-order valence-corrected chi connectivity index (χ1v) is 7.37. The molecule has 92 valence electrons. The molecular weight excluding hydrogens is 300 g/mol. The molecule has 2 aliphatic heterocycles. The van der Waals surface area contributed by atoms with Crippen molar-refractivity contribution in [1.82, 2.24) is 4.90 Å². The second-order valence-corrected chi connectivity index (χ2v) is 6.23. The van der Waals surface area contributed by atoms with Crippen LogP contribution in [-0.2, 0) is 0 Å². The van der Waals surface area contributed by atoms with E-state index in [-0.39, 0.29) is 0 Å². The second-order valence-electron chi connectivity index (χ2n) is 4.91. The quantitative estimate of drug-likeness (QED) is 0.894. The Bertz CT molecular complexity index is 424. The molecule has 0 amide bonds. The van der Waals surface area contributed by atoms with Gasteiger partial charge in [0.05, 0.1) is 10.7 Å². The van der Waals surface area contributed by atoms with Crippen molar-refractivity contribution in [3.63, 3.8) is 0 Å². The SMILES string of the molecule is Clc1ccc(Br)cc1NC1CCN2CCCC12. The van der Waals surface area contributed by atoms with Crippen molar-refractivity contribution in [2.75, 3.05) is 18.4 Å². The minimum absolute atomic E-state index is 0.560. The topological polar surface area (TPSA) is 15.3 Å². The van der Waals surface area contributed by atoms with Gasteiger partial charge in [-0.05, 0) is 44.0 Å². The Hall–Kier alpha value is -0.250. The van der Waals surface area contributed by atoms with Crippen LogP contribution in [0.25, 0.3) is 0 Å². The van der Waals surface area contributed by atoms with E-state index in [0.717, 1.165) is 15.2 Å². The summed E-state index contributed by atoms with van der Waals surface area (Å²) < 4.78 is 1.07. The van der Waals surface area contributed by atoms with Gasteiger partial charge in [-0.2, -0.15) is 0 Å². The second kappa shape index (κ2) is 4.79. The van der Waals surface area contributed by atoms with Crippen molar-refractivity contribution < 1.29 is 0 Å². The van der Waals surface area contributed by atoms with Crippen molar-refractivity contribution in [3.05, 3.63) is 27.7 Å². The predicted octanol–water partition coefficient (Wildman–Crippen LogP) is 3.75. The van der Waals surface area contributed by atoms with E-state index >= 15 is 0 Å². The lowest BCUT2D eigenvalue weighted by Gasteiger charge is -2.22. The van der Waals surface area contributed by atoms with Crippen LogP contribution >= 0.6 is 27.5 Å². The molecule has 0 radical (unpaired) electrons. The van der Waals surface area contributed by atoms with Crippen molar-refractivity contribution in [2.45, 2.75) is 31.3 Å². The van der Waals surface area contributed by atoms with E-state index < -0.39 is 0 Å². The van der Waals surface area contributed by atoms with E-state index in [1.165, 1.54) is 32.4 Å². The number of nitrogens with zero attached hydrogens (tertiary/aromatic N) is 1. The Morgan fingerprint density at radius 1 is 1.29 bits per heavy atom. The van der Waals surface area contributed by atoms with Gasteiger partial charge in [0.15, 0.2) is 0 Å². The van der Waals surface area contributed by atoms with Crippen molar-refractivity contribution in [3.8, 4) is 0 Å². The first kappa shape index (κ1) is 11.8. The van der Waals surface area contributed by atoms with Gasteiger partial charge in [0, 0.05) is 23.1 Å². The average molecular weight is 316 g/mol. The highest BCUT2D eigenvalue weighted by Gasteiger charge is 2.37. The van der Waals surface area contributed by atoms with E-state index in [9.17, 15) is 0 Å². The van der Waals surface area contributed by atoms with Gasteiger partial charge >= 0.3 is 0 Å². The molecule has 1 aromatic rings. The molecule has 2 unspecified atom stereocenters. The molecule has 2 saturated heterocycles. The summed E-state index contributed by atoms with van der Waals surface area (Å²) in [6, 6.07) is 7.26. The number of nitrogens with one attached hydrogen (secondary N) is 1. The fraction of sp³-hybridized carbons (Fsp3) is 0.538. The van der Waals surface area contributed by atoms with Crippen molar-refractivity contribution in [1.29, 1.82) is 0 Å². The summed E-state index contributed by atoms with van der Waals surface area (Å²) in [5, 5.41) is 4.43. The molecule has 2 nitrogen and oxygen atoms in total. The van der Waals surface area contributed by atoms with Gasteiger partial charge in [0.1, 0.15) is 0 Å². The van der Waals surface area contributed by atoms with Crippen molar-refractivity contribution in [2.24, 2.45) is 0 Å². The Labute approximate surface area is 115 Å². The molecule has 2 atom stereocenters. The molecule has 2 fully saturated rings. The fourth-order valence-corrected chi connectivity index (χ4v) is 3.59. The zero-order chi connectivity index (χ0) is 11.8. The Morgan fingerprint density at radius 2 is 2.18 bits per heavy atom. The smallest absolute Gasteiger partial charge is 0.0638 e. The highest BCUT2D eigenvalue weighted by atomic mass is 79.9. The van der Waals surface area contributed by atoms with E-state index in [2.05, 4.69) is 32.2 Å². The number of benzene rings is 1. The third-order valence-corrected chi connectivity index (χ3v) is 4.70. The van der Waals surface area contributed by atoms with Crippen LogP contribution in [0.1, 0.15) is 19.3 Å². The van der Waals surface area contributed by atoms with Crippen LogP contribution in [-0.4, -0.2) is 30.1 Å². The molecule has 2 aliphatic rings. The summed E-state index contributed by atoms with van der Waals surface area (Å²) in [6.45, 7) is 2.50. The summed E-state index contributed by atoms with van der Waals surface area (Å²) in [5.41, 5.74) is 1.06. The summed E-state index contributed by atoms with van der Waals surface area (Å²) in [5.74, 6) is 0. The monoisotopic (exact) mass is 314 g/mol. The molecule has 1 N–H and O–H groups in total. The zero-order valence-electron chi connectivity index (χ0n) is 9.63. The van der Waals surface area contributed by atoms with Gasteiger partial charge < -0.3 is 5.32 Å². The minimum atomic E-state index is 0.560. The molecule has 0 spiro atoms. The largest absolute Gasteiger partial charge is 0.379 e. The van der Waals surface area contributed by atoms with Gasteiger partial charge in [-0.15, -0.1) is 0 Å². The van der Waals surface area contributed by atoms with Crippen LogP contribution in [0.2, 0.25) is 5.02 Å². The molecule has 0 aliphatic carbocycles. The number of hydrogen-bond acceptors (Lipinski definition) is 2. The molecule has 1 aromatic carbocycles. The fourth-order valence-electron chi connectivity index (χ4n) is 3.06. The highest BCUT2D eigenvalue weighted by molar-refractivity contribution is 9.10. The van der Waals surface area contributed by atoms with Crippen LogP contribution in [0.15, 0.2) is 22.7 Å². The van der Waals surface area contributed by atoms with Crippen LogP contribution in [0, 0.1) is 0 Å². The maximum atomic E-state index is 6.22. The van der Waals surface area contributed by atoms with Gasteiger partial charge in [0.2, 0.25) is 0 Å². The molecule has 2 heterocycles. The zero-order valence-corrected chi connectivity index (χ0v) is 12.0. The first-order valence-electron chi connectivity index (χ1n) is 6.20. The molecule has 0 bridgehead atoms. The number of anilines is 1. The summed E-state index contributed by atoms with van der Waals surface area (Å²) in [4.78, 5) is 2.60. The van der Waals surface area contributed by atoms with Gasteiger partial charge in [0.25, 0.3) is 0 Å². The maximum Gasteiger partial charge on any atom is 0.0638 e. The lowest BCUT2D eigenvalue weighted by Crippen LogP contribution is -2.33. The summed E-state index contributed by atoms with van der Waals surface area (Å²) in [7, 11) is 0. The first-order chi connectivity index (χ1) is 8.24. The normalized spacial score (nSPS) is 28.4. The Morgan fingerprint density at radius 3 is 3.06 bits per heavy atom. The highest BCUT2D eigenvalue weighted by Crippen LogP contribution is 2.33. The van der Waals surface area contributed by atoms with E-state index in [1.54, 1.807) is 0 Å². The Kier molecular flexibility index (Phi) is 3.33. The Balaban J connectivity index is 1.76. The summed E-state index contributed by atoms with van der Waals surface area (Å²) >= 11 is 9.71. The van der Waals surface area contributed by atoms with Crippen LogP contribution in [0.3, 0.4) is 0 Å². The van der Waals surface area contributed by atoms with Gasteiger partial charge in [-0.25, -0.2) is 0 Å². The van der Waals surface area contributed by atoms with Crippen LogP contribution in [0.5, 0.6) is 0 Å². The number of halogens is 2. The van der Waals surface area contributed by atoms with Gasteiger partial charge in [-0.3, -0.25) is 4.90 Å². The minimum Gasteiger partial charge on any atom is -0.379 e. The van der Waals surface area contributed by atoms with Crippen LogP contribution in [0.4, 0.5) is 5.69 Å².